The Bertz CT molecular complexity index is 249. The molecule has 1 N–H and O–H groups in total. The number of nitrogens with one attached hydrogen (secondary N) is 1. The first kappa shape index (κ1) is 9.72. The topological polar surface area (TPSA) is 12.0 Å². The van der Waals surface area contributed by atoms with E-state index in [2.05, 4.69) is 35.6 Å². The quantitative estimate of drug-likeness (QED) is 0.771. The summed E-state index contributed by atoms with van der Waals surface area (Å²) in [6.45, 7) is 1.22. The SMILES string of the molecule is c1ccc(CC[C@@H]2CCCCN2)cc1. The van der Waals surface area contributed by atoms with Crippen LogP contribution in [0.1, 0.15) is 31.2 Å². The van der Waals surface area contributed by atoms with Crippen molar-refractivity contribution in [3.05, 3.63) is 35.9 Å². The second-order valence-corrected chi connectivity index (χ2v) is 4.17. The molecule has 1 nitrogen and oxygen atoms in total. The molecular formula is C13H19N. The van der Waals surface area contributed by atoms with Gasteiger partial charge in [0.1, 0.15) is 0 Å². The lowest BCUT2D eigenvalue weighted by molar-refractivity contribution is 0.383. The lowest BCUT2D eigenvalue weighted by Crippen LogP contribution is -2.34. The normalized spacial score (nSPS) is 22.1. The standard InChI is InChI=1S/C13H19N/c1-2-6-12(7-3-1)9-10-13-8-4-5-11-14-13/h1-3,6-7,13-14H,4-5,8-11H2/t13-/m0/s1. The second-order valence-electron chi connectivity index (χ2n) is 4.17. The maximum Gasteiger partial charge on any atom is 0.00702 e. The minimum absolute atomic E-state index is 0.768. The van der Waals surface area contributed by atoms with E-state index >= 15 is 0 Å². The van der Waals surface area contributed by atoms with E-state index in [0.29, 0.717) is 0 Å². The number of piperidine rings is 1. The first-order valence-electron chi connectivity index (χ1n) is 5.72. The third-order valence-corrected chi connectivity index (χ3v) is 3.04. The van der Waals surface area contributed by atoms with Crippen LogP contribution < -0.4 is 5.32 Å². The molecule has 1 aliphatic rings. The van der Waals surface area contributed by atoms with Crippen LogP contribution in [0.25, 0.3) is 0 Å². The van der Waals surface area contributed by atoms with Gasteiger partial charge in [-0.1, -0.05) is 36.8 Å². The van der Waals surface area contributed by atoms with Gasteiger partial charge in [-0.25, -0.2) is 0 Å². The summed E-state index contributed by atoms with van der Waals surface area (Å²) in [6.07, 6.45) is 6.66. The molecule has 0 spiro atoms. The van der Waals surface area contributed by atoms with E-state index in [1.165, 1.54) is 44.2 Å². The summed E-state index contributed by atoms with van der Waals surface area (Å²) < 4.78 is 0. The van der Waals surface area contributed by atoms with Gasteiger partial charge in [0.25, 0.3) is 0 Å². The van der Waals surface area contributed by atoms with Crippen molar-refractivity contribution in [2.24, 2.45) is 0 Å². The maximum atomic E-state index is 3.59. The van der Waals surface area contributed by atoms with Gasteiger partial charge in [-0.3, -0.25) is 0 Å². The van der Waals surface area contributed by atoms with E-state index in [1.54, 1.807) is 0 Å². The van der Waals surface area contributed by atoms with Crippen molar-refractivity contribution < 1.29 is 0 Å². The predicted molar refractivity (Wildman–Crippen MR) is 60.4 cm³/mol. The van der Waals surface area contributed by atoms with E-state index < -0.39 is 0 Å². The highest BCUT2D eigenvalue weighted by molar-refractivity contribution is 5.14. The third-order valence-electron chi connectivity index (χ3n) is 3.04. The molecule has 1 fully saturated rings. The maximum absolute atomic E-state index is 3.59. The molecule has 0 bridgehead atoms. The summed E-state index contributed by atoms with van der Waals surface area (Å²) in [5.74, 6) is 0. The summed E-state index contributed by atoms with van der Waals surface area (Å²) in [6, 6.07) is 11.6. The monoisotopic (exact) mass is 189 g/mol. The molecular weight excluding hydrogens is 170 g/mol. The molecule has 0 amide bonds. The van der Waals surface area contributed by atoms with Crippen LogP contribution in [-0.2, 0) is 6.42 Å². The average Bonchev–Trinajstić information content (AvgIpc) is 2.29. The van der Waals surface area contributed by atoms with Crippen LogP contribution in [0.3, 0.4) is 0 Å². The summed E-state index contributed by atoms with van der Waals surface area (Å²) in [5, 5.41) is 3.59. The van der Waals surface area contributed by atoms with Crippen LogP contribution in [0.5, 0.6) is 0 Å². The molecule has 0 radical (unpaired) electrons. The average molecular weight is 189 g/mol. The minimum atomic E-state index is 0.768. The molecule has 0 aromatic heterocycles. The Balaban J connectivity index is 1.76. The van der Waals surface area contributed by atoms with Crippen LogP contribution in [0, 0.1) is 0 Å². The first-order chi connectivity index (χ1) is 6.95. The van der Waals surface area contributed by atoms with E-state index in [-0.39, 0.29) is 0 Å². The predicted octanol–water partition coefficient (Wildman–Crippen LogP) is 2.76. The lowest BCUT2D eigenvalue weighted by Gasteiger charge is -2.23. The highest BCUT2D eigenvalue weighted by Gasteiger charge is 2.11. The highest BCUT2D eigenvalue weighted by atomic mass is 14.9. The van der Waals surface area contributed by atoms with E-state index in [0.717, 1.165) is 6.04 Å². The fourth-order valence-electron chi connectivity index (χ4n) is 2.16. The molecule has 14 heavy (non-hydrogen) atoms. The number of hydrogen-bond donors (Lipinski definition) is 1. The summed E-state index contributed by atoms with van der Waals surface area (Å²) in [4.78, 5) is 0. The van der Waals surface area contributed by atoms with Gasteiger partial charge in [0.15, 0.2) is 0 Å². The van der Waals surface area contributed by atoms with Crippen molar-refractivity contribution in [2.75, 3.05) is 6.54 Å². The second kappa shape index (κ2) is 5.16. The molecule has 0 unspecified atom stereocenters. The van der Waals surface area contributed by atoms with Gasteiger partial charge in [-0.05, 0) is 37.8 Å². The van der Waals surface area contributed by atoms with Crippen LogP contribution in [0.15, 0.2) is 30.3 Å². The van der Waals surface area contributed by atoms with Gasteiger partial charge in [0.05, 0.1) is 0 Å². The molecule has 1 aliphatic heterocycles. The Kier molecular flexibility index (Phi) is 3.58. The van der Waals surface area contributed by atoms with Gasteiger partial charge in [0.2, 0.25) is 0 Å². The fourth-order valence-corrected chi connectivity index (χ4v) is 2.16. The summed E-state index contributed by atoms with van der Waals surface area (Å²) in [5.41, 5.74) is 1.47. The van der Waals surface area contributed by atoms with Crippen LogP contribution >= 0.6 is 0 Å². The van der Waals surface area contributed by atoms with Crippen LogP contribution in [-0.4, -0.2) is 12.6 Å². The zero-order valence-electron chi connectivity index (χ0n) is 8.71. The Morgan fingerprint density at radius 1 is 1.14 bits per heavy atom. The Morgan fingerprint density at radius 2 is 2.00 bits per heavy atom. The van der Waals surface area contributed by atoms with Crippen molar-refractivity contribution >= 4 is 0 Å². The fraction of sp³-hybridized carbons (Fsp3) is 0.538. The molecule has 76 valence electrons. The zero-order chi connectivity index (χ0) is 9.64. The molecule has 1 atom stereocenters. The molecule has 0 saturated carbocycles. The molecule has 1 heterocycles. The van der Waals surface area contributed by atoms with Gasteiger partial charge >= 0.3 is 0 Å². The zero-order valence-corrected chi connectivity index (χ0v) is 8.71. The number of rotatable bonds is 3. The van der Waals surface area contributed by atoms with Crippen molar-refractivity contribution in [1.82, 2.24) is 5.32 Å². The lowest BCUT2D eigenvalue weighted by atomic mass is 9.98. The Labute approximate surface area is 86.5 Å². The van der Waals surface area contributed by atoms with E-state index in [4.69, 9.17) is 0 Å². The number of benzene rings is 1. The Morgan fingerprint density at radius 3 is 2.71 bits per heavy atom. The number of hydrogen-bond acceptors (Lipinski definition) is 1. The van der Waals surface area contributed by atoms with Crippen molar-refractivity contribution in [3.8, 4) is 0 Å². The smallest absolute Gasteiger partial charge is 0.00702 e. The minimum Gasteiger partial charge on any atom is -0.314 e. The first-order valence-corrected chi connectivity index (χ1v) is 5.72. The van der Waals surface area contributed by atoms with E-state index in [1.807, 2.05) is 0 Å². The number of aryl methyl sites for hydroxylation is 1. The molecule has 2 rings (SSSR count). The Hall–Kier alpha value is -0.820. The summed E-state index contributed by atoms with van der Waals surface area (Å²) >= 11 is 0. The van der Waals surface area contributed by atoms with E-state index in [9.17, 15) is 0 Å². The molecule has 1 heteroatoms. The highest BCUT2D eigenvalue weighted by Crippen LogP contribution is 2.13. The van der Waals surface area contributed by atoms with Gasteiger partial charge in [-0.2, -0.15) is 0 Å². The van der Waals surface area contributed by atoms with Gasteiger partial charge in [0, 0.05) is 6.04 Å². The summed E-state index contributed by atoms with van der Waals surface area (Å²) in [7, 11) is 0. The van der Waals surface area contributed by atoms with Crippen molar-refractivity contribution in [2.45, 2.75) is 38.1 Å². The molecule has 1 aromatic carbocycles. The van der Waals surface area contributed by atoms with Crippen LogP contribution in [0.4, 0.5) is 0 Å². The van der Waals surface area contributed by atoms with Crippen molar-refractivity contribution in [1.29, 1.82) is 0 Å². The van der Waals surface area contributed by atoms with Gasteiger partial charge in [-0.15, -0.1) is 0 Å². The molecule has 1 saturated heterocycles. The third kappa shape index (κ3) is 2.85. The van der Waals surface area contributed by atoms with Crippen molar-refractivity contribution in [3.63, 3.8) is 0 Å². The molecule has 0 aliphatic carbocycles. The van der Waals surface area contributed by atoms with Gasteiger partial charge < -0.3 is 5.32 Å². The molecule has 1 aromatic rings. The van der Waals surface area contributed by atoms with Crippen LogP contribution in [0.2, 0.25) is 0 Å². The largest absolute Gasteiger partial charge is 0.314 e.